The predicted octanol–water partition coefficient (Wildman–Crippen LogP) is 3.31. The van der Waals surface area contributed by atoms with Crippen molar-refractivity contribution in [2.45, 2.75) is 39.3 Å². The van der Waals surface area contributed by atoms with Crippen molar-refractivity contribution >= 4 is 11.8 Å². The van der Waals surface area contributed by atoms with Crippen molar-refractivity contribution in [3.8, 4) is 5.75 Å². The second-order valence-corrected chi connectivity index (χ2v) is 6.99. The zero-order chi connectivity index (χ0) is 19.2. The molecule has 27 heavy (non-hydrogen) atoms. The number of nitrogens with one attached hydrogen (secondary N) is 1. The Hall–Kier alpha value is -2.82. The highest BCUT2D eigenvalue weighted by atomic mass is 16.5. The minimum atomic E-state index is -0.595. The maximum absolute atomic E-state index is 12.5. The molecule has 1 fully saturated rings. The van der Waals surface area contributed by atoms with Crippen LogP contribution in [0.15, 0.2) is 48.5 Å². The van der Waals surface area contributed by atoms with Crippen LogP contribution in [0.2, 0.25) is 0 Å². The summed E-state index contributed by atoms with van der Waals surface area (Å²) < 4.78 is 5.68. The van der Waals surface area contributed by atoms with Crippen molar-refractivity contribution in [3.63, 3.8) is 0 Å². The summed E-state index contributed by atoms with van der Waals surface area (Å²) in [5.74, 6) is 0.546. The summed E-state index contributed by atoms with van der Waals surface area (Å²) in [6.07, 6.45) is 1.54. The SMILES string of the molecule is Cc1ccc(OC(C)C(=O)NCc2cccc(C(=O)N3CCCC3)c2)cc1. The second-order valence-electron chi connectivity index (χ2n) is 6.99. The number of carbonyl (C=O) groups excluding carboxylic acids is 2. The first kappa shape index (κ1) is 19.0. The summed E-state index contributed by atoms with van der Waals surface area (Å²) >= 11 is 0. The molecule has 1 unspecified atom stereocenters. The van der Waals surface area contributed by atoms with E-state index in [9.17, 15) is 9.59 Å². The zero-order valence-corrected chi connectivity index (χ0v) is 15.9. The van der Waals surface area contributed by atoms with Crippen LogP contribution in [0, 0.1) is 6.92 Å². The van der Waals surface area contributed by atoms with Gasteiger partial charge in [-0.1, -0.05) is 29.8 Å². The number of hydrogen-bond donors (Lipinski definition) is 1. The lowest BCUT2D eigenvalue weighted by Gasteiger charge is -2.17. The molecule has 0 aliphatic carbocycles. The van der Waals surface area contributed by atoms with Crippen molar-refractivity contribution in [1.29, 1.82) is 0 Å². The van der Waals surface area contributed by atoms with Gasteiger partial charge >= 0.3 is 0 Å². The van der Waals surface area contributed by atoms with Crippen LogP contribution in [0.1, 0.15) is 41.3 Å². The van der Waals surface area contributed by atoms with E-state index >= 15 is 0 Å². The average Bonchev–Trinajstić information content (AvgIpc) is 3.22. The van der Waals surface area contributed by atoms with Gasteiger partial charge in [0.2, 0.25) is 0 Å². The summed E-state index contributed by atoms with van der Waals surface area (Å²) in [6, 6.07) is 15.1. The molecule has 2 aromatic carbocycles. The van der Waals surface area contributed by atoms with Gasteiger partial charge in [0.25, 0.3) is 11.8 Å². The highest BCUT2D eigenvalue weighted by Crippen LogP contribution is 2.15. The highest BCUT2D eigenvalue weighted by Gasteiger charge is 2.20. The van der Waals surface area contributed by atoms with E-state index < -0.39 is 6.10 Å². The Balaban J connectivity index is 1.54. The monoisotopic (exact) mass is 366 g/mol. The maximum atomic E-state index is 12.5. The molecular weight excluding hydrogens is 340 g/mol. The first-order valence-corrected chi connectivity index (χ1v) is 9.42. The van der Waals surface area contributed by atoms with E-state index in [0.717, 1.165) is 37.1 Å². The van der Waals surface area contributed by atoms with Crippen molar-refractivity contribution in [2.24, 2.45) is 0 Å². The number of benzene rings is 2. The molecule has 0 radical (unpaired) electrons. The van der Waals surface area contributed by atoms with Crippen molar-refractivity contribution in [2.75, 3.05) is 13.1 Å². The van der Waals surface area contributed by atoms with Gasteiger partial charge in [0.15, 0.2) is 6.10 Å². The molecule has 1 N–H and O–H groups in total. The highest BCUT2D eigenvalue weighted by molar-refractivity contribution is 5.94. The van der Waals surface area contributed by atoms with Gasteiger partial charge in [0.05, 0.1) is 0 Å². The molecule has 1 saturated heterocycles. The van der Waals surface area contributed by atoms with Crippen LogP contribution in [0.3, 0.4) is 0 Å². The van der Waals surface area contributed by atoms with Gasteiger partial charge < -0.3 is 15.0 Å². The average molecular weight is 366 g/mol. The van der Waals surface area contributed by atoms with Crippen LogP contribution in [-0.4, -0.2) is 35.9 Å². The lowest BCUT2D eigenvalue weighted by molar-refractivity contribution is -0.127. The minimum absolute atomic E-state index is 0.0664. The van der Waals surface area contributed by atoms with Gasteiger partial charge in [-0.2, -0.15) is 0 Å². The van der Waals surface area contributed by atoms with Gasteiger partial charge in [-0.05, 0) is 56.5 Å². The Morgan fingerprint density at radius 2 is 1.81 bits per heavy atom. The molecule has 0 bridgehead atoms. The van der Waals surface area contributed by atoms with Gasteiger partial charge in [-0.15, -0.1) is 0 Å². The fourth-order valence-corrected chi connectivity index (χ4v) is 3.12. The maximum Gasteiger partial charge on any atom is 0.261 e. The lowest BCUT2D eigenvalue weighted by Crippen LogP contribution is -2.36. The van der Waals surface area contributed by atoms with Crippen molar-refractivity contribution in [3.05, 3.63) is 65.2 Å². The van der Waals surface area contributed by atoms with Crippen LogP contribution >= 0.6 is 0 Å². The summed E-state index contributed by atoms with van der Waals surface area (Å²) in [7, 11) is 0. The third-order valence-corrected chi connectivity index (χ3v) is 4.74. The summed E-state index contributed by atoms with van der Waals surface area (Å²) in [5, 5.41) is 2.88. The van der Waals surface area contributed by atoms with Crippen LogP contribution in [-0.2, 0) is 11.3 Å². The smallest absolute Gasteiger partial charge is 0.261 e. The third kappa shape index (κ3) is 5.09. The normalized spacial score (nSPS) is 14.7. The summed E-state index contributed by atoms with van der Waals surface area (Å²) in [4.78, 5) is 26.7. The fraction of sp³-hybridized carbons (Fsp3) is 0.364. The van der Waals surface area contributed by atoms with Gasteiger partial charge in [-0.25, -0.2) is 0 Å². The van der Waals surface area contributed by atoms with Crippen LogP contribution in [0.25, 0.3) is 0 Å². The Labute approximate surface area is 160 Å². The molecule has 3 rings (SSSR count). The number of amides is 2. The number of aryl methyl sites for hydroxylation is 1. The van der Waals surface area contributed by atoms with E-state index in [0.29, 0.717) is 17.9 Å². The summed E-state index contributed by atoms with van der Waals surface area (Å²) in [6.45, 7) is 5.74. The molecular formula is C22H26N2O3. The molecule has 1 aliphatic rings. The number of likely N-dealkylation sites (tertiary alicyclic amines) is 1. The van der Waals surface area contributed by atoms with E-state index in [1.807, 2.05) is 60.4 Å². The fourth-order valence-electron chi connectivity index (χ4n) is 3.12. The number of rotatable bonds is 6. The molecule has 1 aliphatic heterocycles. The first-order chi connectivity index (χ1) is 13.0. The third-order valence-electron chi connectivity index (χ3n) is 4.74. The molecule has 5 nitrogen and oxygen atoms in total. The molecule has 2 aromatic rings. The van der Waals surface area contributed by atoms with E-state index in [2.05, 4.69) is 5.32 Å². The van der Waals surface area contributed by atoms with E-state index in [-0.39, 0.29) is 11.8 Å². The topological polar surface area (TPSA) is 58.6 Å². The van der Waals surface area contributed by atoms with Gasteiger partial charge in [-0.3, -0.25) is 9.59 Å². The van der Waals surface area contributed by atoms with Gasteiger partial charge in [0, 0.05) is 25.2 Å². The Morgan fingerprint density at radius 3 is 2.52 bits per heavy atom. The van der Waals surface area contributed by atoms with Crippen molar-refractivity contribution < 1.29 is 14.3 Å². The molecule has 0 aromatic heterocycles. The standard InChI is InChI=1S/C22H26N2O3/c1-16-8-10-20(11-9-16)27-17(2)21(25)23-15-18-6-5-7-19(14-18)22(26)24-12-3-4-13-24/h5-11,14,17H,3-4,12-13,15H2,1-2H3,(H,23,25). The van der Waals surface area contributed by atoms with Gasteiger partial charge in [0.1, 0.15) is 5.75 Å². The number of nitrogens with zero attached hydrogens (tertiary/aromatic N) is 1. The zero-order valence-electron chi connectivity index (χ0n) is 15.9. The molecule has 5 heteroatoms. The summed E-state index contributed by atoms with van der Waals surface area (Å²) in [5.41, 5.74) is 2.71. The largest absolute Gasteiger partial charge is 0.481 e. The number of hydrogen-bond acceptors (Lipinski definition) is 3. The van der Waals surface area contributed by atoms with Crippen LogP contribution < -0.4 is 10.1 Å². The predicted molar refractivity (Wildman–Crippen MR) is 105 cm³/mol. The molecule has 1 atom stereocenters. The Morgan fingerprint density at radius 1 is 1.11 bits per heavy atom. The van der Waals surface area contributed by atoms with E-state index in [1.165, 1.54) is 0 Å². The van der Waals surface area contributed by atoms with Crippen LogP contribution in [0.5, 0.6) is 5.75 Å². The second kappa shape index (κ2) is 8.71. The number of ether oxygens (including phenoxy) is 1. The molecule has 2 amide bonds. The van der Waals surface area contributed by atoms with Crippen LogP contribution in [0.4, 0.5) is 0 Å². The molecule has 0 saturated carbocycles. The van der Waals surface area contributed by atoms with E-state index in [4.69, 9.17) is 4.74 Å². The quantitative estimate of drug-likeness (QED) is 0.853. The van der Waals surface area contributed by atoms with E-state index in [1.54, 1.807) is 6.92 Å². The Kier molecular flexibility index (Phi) is 6.12. The molecule has 1 heterocycles. The molecule has 0 spiro atoms. The first-order valence-electron chi connectivity index (χ1n) is 9.42. The molecule has 142 valence electrons. The number of carbonyl (C=O) groups is 2. The minimum Gasteiger partial charge on any atom is -0.481 e. The lowest BCUT2D eigenvalue weighted by atomic mass is 10.1. The Bertz CT molecular complexity index is 795. The van der Waals surface area contributed by atoms with Crippen molar-refractivity contribution in [1.82, 2.24) is 10.2 Å².